The molecular formula is C18H32O6. The Kier molecular flexibility index (Phi) is 16.6. The molecule has 0 bridgehead atoms. The van der Waals surface area contributed by atoms with Crippen LogP contribution < -0.4 is 0 Å². The van der Waals surface area contributed by atoms with Gasteiger partial charge in [-0.1, -0.05) is 33.4 Å². The van der Waals surface area contributed by atoms with E-state index in [1.54, 1.807) is 13.8 Å². The van der Waals surface area contributed by atoms with Gasteiger partial charge in [0.15, 0.2) is 0 Å². The standard InChI is InChI=1S/C10H18O3.C8H14O3/c1-4-5-6-12-7-8-13-10(11)9(2)3;1-5-7(4)10-11-8(9)6(2)3/h2,4-8H2,1,3H3;7H,2,5H2,1,3-4H3. The normalized spacial score (nSPS) is 10.9. The third kappa shape index (κ3) is 16.7. The first-order valence-electron chi connectivity index (χ1n) is 8.19. The molecule has 0 heterocycles. The van der Waals surface area contributed by atoms with Gasteiger partial charge in [0.2, 0.25) is 0 Å². The number of carbonyl (C=O) groups excluding carboxylic acids is 2. The summed E-state index contributed by atoms with van der Waals surface area (Å²) in [5, 5.41) is 0. The lowest BCUT2D eigenvalue weighted by atomic mass is 10.3. The molecule has 0 aromatic heterocycles. The van der Waals surface area contributed by atoms with Gasteiger partial charge in [0, 0.05) is 17.8 Å². The predicted molar refractivity (Wildman–Crippen MR) is 93.2 cm³/mol. The maximum absolute atomic E-state index is 10.9. The molecule has 6 nitrogen and oxygen atoms in total. The van der Waals surface area contributed by atoms with Crippen molar-refractivity contribution in [2.45, 2.75) is 60.0 Å². The van der Waals surface area contributed by atoms with Gasteiger partial charge in [-0.2, -0.15) is 4.89 Å². The van der Waals surface area contributed by atoms with E-state index in [0.717, 1.165) is 25.9 Å². The van der Waals surface area contributed by atoms with Crippen molar-refractivity contribution in [2.75, 3.05) is 19.8 Å². The van der Waals surface area contributed by atoms with Crippen LogP contribution in [0, 0.1) is 0 Å². The maximum atomic E-state index is 10.9. The molecule has 0 aromatic carbocycles. The average Bonchev–Trinajstić information content (AvgIpc) is 2.55. The summed E-state index contributed by atoms with van der Waals surface area (Å²) < 4.78 is 10.0. The van der Waals surface area contributed by atoms with E-state index in [4.69, 9.17) is 14.4 Å². The van der Waals surface area contributed by atoms with E-state index in [-0.39, 0.29) is 12.1 Å². The number of hydrogen-bond acceptors (Lipinski definition) is 6. The van der Waals surface area contributed by atoms with E-state index >= 15 is 0 Å². The highest BCUT2D eigenvalue weighted by Crippen LogP contribution is 1.99. The first kappa shape index (κ1) is 24.6. The van der Waals surface area contributed by atoms with Crippen molar-refractivity contribution in [3.05, 3.63) is 24.3 Å². The monoisotopic (exact) mass is 344 g/mol. The maximum Gasteiger partial charge on any atom is 0.368 e. The van der Waals surface area contributed by atoms with Gasteiger partial charge in [0.05, 0.1) is 6.61 Å². The molecule has 0 saturated carbocycles. The Labute approximate surface area is 145 Å². The minimum atomic E-state index is -0.509. The number of esters is 1. The Morgan fingerprint density at radius 3 is 2.00 bits per heavy atom. The lowest BCUT2D eigenvalue weighted by Gasteiger charge is -2.07. The molecule has 140 valence electrons. The van der Waals surface area contributed by atoms with E-state index in [9.17, 15) is 9.59 Å². The van der Waals surface area contributed by atoms with Crippen LogP contribution in [0.25, 0.3) is 0 Å². The molecule has 0 N–H and O–H groups in total. The zero-order valence-corrected chi connectivity index (χ0v) is 15.7. The molecule has 24 heavy (non-hydrogen) atoms. The molecule has 0 aliphatic rings. The Hall–Kier alpha value is -1.66. The second-order valence-electron chi connectivity index (χ2n) is 5.35. The summed E-state index contributed by atoms with van der Waals surface area (Å²) in [6.45, 7) is 17.5. The summed E-state index contributed by atoms with van der Waals surface area (Å²) in [6, 6.07) is 0. The number of hydrogen-bond donors (Lipinski definition) is 0. The molecule has 0 aliphatic carbocycles. The number of unbranched alkanes of at least 4 members (excludes halogenated alkanes) is 1. The molecule has 1 unspecified atom stereocenters. The number of ether oxygens (including phenoxy) is 2. The van der Waals surface area contributed by atoms with Gasteiger partial charge in [-0.25, -0.2) is 9.59 Å². The number of rotatable bonds is 11. The zero-order valence-electron chi connectivity index (χ0n) is 15.7. The first-order valence-corrected chi connectivity index (χ1v) is 8.19. The third-order valence-electron chi connectivity index (χ3n) is 2.66. The van der Waals surface area contributed by atoms with Crippen LogP contribution in [0.5, 0.6) is 0 Å². The minimum absolute atomic E-state index is 0.0571. The van der Waals surface area contributed by atoms with E-state index in [0.29, 0.717) is 24.4 Å². The Bertz CT molecular complexity index is 389. The molecule has 0 saturated heterocycles. The average molecular weight is 344 g/mol. The van der Waals surface area contributed by atoms with E-state index in [2.05, 4.69) is 25.0 Å². The molecular weight excluding hydrogens is 312 g/mol. The van der Waals surface area contributed by atoms with Gasteiger partial charge < -0.3 is 9.47 Å². The van der Waals surface area contributed by atoms with Crippen LogP contribution in [-0.4, -0.2) is 37.9 Å². The van der Waals surface area contributed by atoms with Crippen LogP contribution in [-0.2, 0) is 28.8 Å². The fourth-order valence-electron chi connectivity index (χ4n) is 0.930. The van der Waals surface area contributed by atoms with Crippen LogP contribution in [0.3, 0.4) is 0 Å². The molecule has 0 radical (unpaired) electrons. The van der Waals surface area contributed by atoms with Crippen molar-refractivity contribution in [2.24, 2.45) is 0 Å². The summed E-state index contributed by atoms with van der Waals surface area (Å²) in [6.07, 6.45) is 2.92. The Morgan fingerprint density at radius 1 is 0.958 bits per heavy atom. The fraction of sp³-hybridized carbons (Fsp3) is 0.667. The van der Waals surface area contributed by atoms with Gasteiger partial charge in [0.25, 0.3) is 0 Å². The quantitative estimate of drug-likeness (QED) is 0.187. The second-order valence-corrected chi connectivity index (χ2v) is 5.35. The molecule has 0 aromatic rings. The van der Waals surface area contributed by atoms with Gasteiger partial charge in [0.1, 0.15) is 12.7 Å². The molecule has 0 spiro atoms. The van der Waals surface area contributed by atoms with Crippen molar-refractivity contribution < 1.29 is 28.8 Å². The van der Waals surface area contributed by atoms with Crippen molar-refractivity contribution in [3.8, 4) is 0 Å². The van der Waals surface area contributed by atoms with Gasteiger partial charge in [-0.15, -0.1) is 0 Å². The van der Waals surface area contributed by atoms with Crippen LogP contribution in [0.4, 0.5) is 0 Å². The van der Waals surface area contributed by atoms with Crippen LogP contribution in [0.15, 0.2) is 24.3 Å². The molecule has 6 heteroatoms. The predicted octanol–water partition coefficient (Wildman–Crippen LogP) is 3.76. The summed E-state index contributed by atoms with van der Waals surface area (Å²) in [4.78, 5) is 30.7. The lowest BCUT2D eigenvalue weighted by Crippen LogP contribution is -2.12. The first-order chi connectivity index (χ1) is 11.3. The fourth-order valence-corrected chi connectivity index (χ4v) is 0.930. The van der Waals surface area contributed by atoms with E-state index < -0.39 is 5.97 Å². The Morgan fingerprint density at radius 2 is 1.54 bits per heavy atom. The van der Waals surface area contributed by atoms with Crippen LogP contribution in [0.1, 0.15) is 53.9 Å². The smallest absolute Gasteiger partial charge is 0.368 e. The van der Waals surface area contributed by atoms with Gasteiger partial charge in [-0.3, -0.25) is 4.89 Å². The highest BCUT2D eigenvalue weighted by molar-refractivity contribution is 5.87. The second kappa shape index (κ2) is 16.2. The summed E-state index contributed by atoms with van der Waals surface area (Å²) >= 11 is 0. The van der Waals surface area contributed by atoms with Crippen LogP contribution >= 0.6 is 0 Å². The minimum Gasteiger partial charge on any atom is -0.460 e. The largest absolute Gasteiger partial charge is 0.460 e. The van der Waals surface area contributed by atoms with Crippen molar-refractivity contribution in [1.29, 1.82) is 0 Å². The third-order valence-corrected chi connectivity index (χ3v) is 2.66. The molecule has 1 atom stereocenters. The van der Waals surface area contributed by atoms with E-state index in [1.807, 2.05) is 13.8 Å². The summed E-state index contributed by atoms with van der Waals surface area (Å²) in [7, 11) is 0. The zero-order chi connectivity index (χ0) is 19.0. The van der Waals surface area contributed by atoms with E-state index in [1.165, 1.54) is 0 Å². The molecule has 0 aliphatic heterocycles. The summed E-state index contributed by atoms with van der Waals surface area (Å²) in [5.41, 5.74) is 0.766. The van der Waals surface area contributed by atoms with Crippen molar-refractivity contribution in [3.63, 3.8) is 0 Å². The highest BCUT2D eigenvalue weighted by Gasteiger charge is 2.06. The lowest BCUT2D eigenvalue weighted by molar-refractivity contribution is -0.291. The number of carbonyl (C=O) groups is 2. The summed E-state index contributed by atoms with van der Waals surface area (Å²) in [5.74, 6) is -0.857. The molecule has 0 amide bonds. The van der Waals surface area contributed by atoms with Crippen LogP contribution in [0.2, 0.25) is 0 Å². The SMILES string of the molecule is C=C(C)C(=O)OCCOCCCC.C=C(C)C(=O)OOC(C)CC. The van der Waals surface area contributed by atoms with Crippen molar-refractivity contribution >= 4 is 11.9 Å². The van der Waals surface area contributed by atoms with Gasteiger partial charge >= 0.3 is 11.9 Å². The molecule has 0 rings (SSSR count). The topological polar surface area (TPSA) is 71.1 Å². The highest BCUT2D eigenvalue weighted by atomic mass is 17.2. The van der Waals surface area contributed by atoms with Crippen molar-refractivity contribution in [1.82, 2.24) is 0 Å². The van der Waals surface area contributed by atoms with Gasteiger partial charge in [-0.05, 0) is 33.6 Å². The molecule has 0 fully saturated rings. The Balaban J connectivity index is 0.